The molecule has 0 aromatic heterocycles. The van der Waals surface area contributed by atoms with Gasteiger partial charge < -0.3 is 5.32 Å². The van der Waals surface area contributed by atoms with Gasteiger partial charge in [0.15, 0.2) is 0 Å². The third-order valence-corrected chi connectivity index (χ3v) is 2.80. The second-order valence-corrected chi connectivity index (χ2v) is 4.00. The van der Waals surface area contributed by atoms with E-state index in [1.165, 1.54) is 32.6 Å². The first-order valence-electron chi connectivity index (χ1n) is 5.20. The van der Waals surface area contributed by atoms with Crippen LogP contribution >= 0.6 is 0 Å². The Labute approximate surface area is 76.3 Å². The Hall–Kier alpha value is -0.0800. The molecule has 0 saturated carbocycles. The van der Waals surface area contributed by atoms with Crippen LogP contribution in [0.1, 0.15) is 27.2 Å². The molecule has 0 spiro atoms. The summed E-state index contributed by atoms with van der Waals surface area (Å²) in [7, 11) is 0. The molecule has 1 atom stereocenters. The molecule has 0 amide bonds. The molecule has 12 heavy (non-hydrogen) atoms. The monoisotopic (exact) mass is 170 g/mol. The van der Waals surface area contributed by atoms with Gasteiger partial charge >= 0.3 is 0 Å². The van der Waals surface area contributed by atoms with Gasteiger partial charge in [0.2, 0.25) is 0 Å². The van der Waals surface area contributed by atoms with Gasteiger partial charge in [-0.1, -0.05) is 20.8 Å². The lowest BCUT2D eigenvalue weighted by Crippen LogP contribution is -2.43. The van der Waals surface area contributed by atoms with Gasteiger partial charge in [0.05, 0.1) is 0 Å². The summed E-state index contributed by atoms with van der Waals surface area (Å²) < 4.78 is 0. The first-order valence-corrected chi connectivity index (χ1v) is 5.20. The van der Waals surface area contributed by atoms with Gasteiger partial charge in [-0.05, 0) is 32.0 Å². The van der Waals surface area contributed by atoms with E-state index in [1.54, 1.807) is 0 Å². The lowest BCUT2D eigenvalue weighted by Gasteiger charge is -2.31. The molecule has 1 aliphatic rings. The zero-order valence-corrected chi connectivity index (χ0v) is 8.64. The van der Waals surface area contributed by atoms with Crippen LogP contribution in [0.15, 0.2) is 0 Å². The highest BCUT2D eigenvalue weighted by Crippen LogP contribution is 2.12. The fourth-order valence-corrected chi connectivity index (χ4v) is 2.00. The Morgan fingerprint density at radius 3 is 2.83 bits per heavy atom. The van der Waals surface area contributed by atoms with Crippen molar-refractivity contribution in [1.29, 1.82) is 0 Å². The Kier molecular flexibility index (Phi) is 4.02. The predicted octanol–water partition coefficient (Wildman–Crippen LogP) is 1.33. The van der Waals surface area contributed by atoms with Crippen molar-refractivity contribution in [2.45, 2.75) is 33.2 Å². The van der Waals surface area contributed by atoms with Gasteiger partial charge in [-0.15, -0.1) is 0 Å². The van der Waals surface area contributed by atoms with Gasteiger partial charge in [-0.2, -0.15) is 0 Å². The standard InChI is InChI=1S/C10H22N2/c1-4-12-7-5-6-11-8-10(12)9(2)3/h9-11H,4-8H2,1-3H3/t10-/m0/s1. The topological polar surface area (TPSA) is 15.3 Å². The van der Waals surface area contributed by atoms with E-state index in [0.29, 0.717) is 0 Å². The van der Waals surface area contributed by atoms with Gasteiger partial charge in [-0.25, -0.2) is 0 Å². The van der Waals surface area contributed by atoms with Crippen molar-refractivity contribution in [2.75, 3.05) is 26.2 Å². The average molecular weight is 170 g/mol. The second kappa shape index (κ2) is 4.83. The maximum Gasteiger partial charge on any atom is 0.0243 e. The maximum atomic E-state index is 3.50. The third kappa shape index (κ3) is 2.46. The molecule has 2 nitrogen and oxygen atoms in total. The van der Waals surface area contributed by atoms with E-state index < -0.39 is 0 Å². The summed E-state index contributed by atoms with van der Waals surface area (Å²) in [5.41, 5.74) is 0. The van der Waals surface area contributed by atoms with Crippen LogP contribution in [0.3, 0.4) is 0 Å². The van der Waals surface area contributed by atoms with Crippen molar-refractivity contribution in [1.82, 2.24) is 10.2 Å². The predicted molar refractivity (Wildman–Crippen MR) is 53.4 cm³/mol. The van der Waals surface area contributed by atoms with E-state index in [0.717, 1.165) is 12.0 Å². The Morgan fingerprint density at radius 1 is 1.50 bits per heavy atom. The third-order valence-electron chi connectivity index (χ3n) is 2.80. The van der Waals surface area contributed by atoms with Crippen LogP contribution in [0.2, 0.25) is 0 Å². The molecule has 0 aliphatic carbocycles. The van der Waals surface area contributed by atoms with Crippen LogP contribution in [0.25, 0.3) is 0 Å². The van der Waals surface area contributed by atoms with Crippen molar-refractivity contribution >= 4 is 0 Å². The Balaban J connectivity index is 2.51. The lowest BCUT2D eigenvalue weighted by atomic mass is 10.0. The summed E-state index contributed by atoms with van der Waals surface area (Å²) >= 11 is 0. The first kappa shape index (κ1) is 10.0. The zero-order chi connectivity index (χ0) is 8.97. The van der Waals surface area contributed by atoms with Crippen molar-refractivity contribution in [3.63, 3.8) is 0 Å². The molecular formula is C10H22N2. The molecule has 0 unspecified atom stereocenters. The van der Waals surface area contributed by atoms with Crippen LogP contribution in [0.4, 0.5) is 0 Å². The van der Waals surface area contributed by atoms with Gasteiger partial charge in [0.1, 0.15) is 0 Å². The van der Waals surface area contributed by atoms with Crippen molar-refractivity contribution in [2.24, 2.45) is 5.92 Å². The fraction of sp³-hybridized carbons (Fsp3) is 1.00. The van der Waals surface area contributed by atoms with E-state index in [4.69, 9.17) is 0 Å². The normalized spacial score (nSPS) is 27.5. The average Bonchev–Trinajstić information content (AvgIpc) is 2.27. The number of hydrogen-bond donors (Lipinski definition) is 1. The highest BCUT2D eigenvalue weighted by molar-refractivity contribution is 4.79. The lowest BCUT2D eigenvalue weighted by molar-refractivity contribution is 0.175. The number of likely N-dealkylation sites (N-methyl/N-ethyl adjacent to an activating group) is 1. The van der Waals surface area contributed by atoms with E-state index in [9.17, 15) is 0 Å². The molecule has 0 bridgehead atoms. The van der Waals surface area contributed by atoms with E-state index in [1.807, 2.05) is 0 Å². The molecule has 1 rings (SSSR count). The quantitative estimate of drug-likeness (QED) is 0.672. The summed E-state index contributed by atoms with van der Waals surface area (Å²) in [6.45, 7) is 11.7. The van der Waals surface area contributed by atoms with E-state index in [-0.39, 0.29) is 0 Å². The molecule has 0 aromatic carbocycles. The Morgan fingerprint density at radius 2 is 2.25 bits per heavy atom. The molecule has 1 aliphatic heterocycles. The number of nitrogens with zero attached hydrogens (tertiary/aromatic N) is 1. The second-order valence-electron chi connectivity index (χ2n) is 4.00. The summed E-state index contributed by atoms with van der Waals surface area (Å²) in [5, 5.41) is 3.50. The SMILES string of the molecule is CCN1CCCNC[C@H]1C(C)C. The smallest absolute Gasteiger partial charge is 0.0243 e. The summed E-state index contributed by atoms with van der Waals surface area (Å²) in [6, 6.07) is 0.748. The molecule has 1 saturated heterocycles. The largest absolute Gasteiger partial charge is 0.315 e. The molecule has 1 N–H and O–H groups in total. The summed E-state index contributed by atoms with van der Waals surface area (Å²) in [6.07, 6.45) is 1.30. The minimum atomic E-state index is 0.748. The molecule has 0 aromatic rings. The van der Waals surface area contributed by atoms with Crippen molar-refractivity contribution in [3.8, 4) is 0 Å². The molecule has 0 radical (unpaired) electrons. The molecule has 1 fully saturated rings. The van der Waals surface area contributed by atoms with Crippen molar-refractivity contribution in [3.05, 3.63) is 0 Å². The van der Waals surface area contributed by atoms with Gasteiger partial charge in [0, 0.05) is 12.6 Å². The minimum Gasteiger partial charge on any atom is -0.315 e. The van der Waals surface area contributed by atoms with E-state index in [2.05, 4.69) is 31.0 Å². The number of nitrogens with one attached hydrogen (secondary N) is 1. The maximum absolute atomic E-state index is 3.50. The Bertz CT molecular complexity index is 123. The van der Waals surface area contributed by atoms with Gasteiger partial charge in [-0.3, -0.25) is 4.90 Å². The fourth-order valence-electron chi connectivity index (χ4n) is 2.00. The van der Waals surface area contributed by atoms with Crippen LogP contribution in [-0.4, -0.2) is 37.1 Å². The van der Waals surface area contributed by atoms with Crippen LogP contribution in [0, 0.1) is 5.92 Å². The van der Waals surface area contributed by atoms with Crippen LogP contribution < -0.4 is 5.32 Å². The summed E-state index contributed by atoms with van der Waals surface area (Å²) in [5.74, 6) is 0.774. The van der Waals surface area contributed by atoms with Crippen LogP contribution in [0.5, 0.6) is 0 Å². The molecule has 2 heteroatoms. The number of hydrogen-bond acceptors (Lipinski definition) is 2. The molecule has 1 heterocycles. The molecule has 72 valence electrons. The number of rotatable bonds is 2. The van der Waals surface area contributed by atoms with E-state index >= 15 is 0 Å². The van der Waals surface area contributed by atoms with Gasteiger partial charge in [0.25, 0.3) is 0 Å². The van der Waals surface area contributed by atoms with Crippen LogP contribution in [-0.2, 0) is 0 Å². The molecular weight excluding hydrogens is 148 g/mol. The minimum absolute atomic E-state index is 0.748. The van der Waals surface area contributed by atoms with Crippen molar-refractivity contribution < 1.29 is 0 Å². The highest BCUT2D eigenvalue weighted by atomic mass is 15.2. The summed E-state index contributed by atoms with van der Waals surface area (Å²) in [4.78, 5) is 2.60. The zero-order valence-electron chi connectivity index (χ0n) is 8.64. The first-order chi connectivity index (χ1) is 5.75. The highest BCUT2D eigenvalue weighted by Gasteiger charge is 2.21.